The Hall–Kier alpha value is -1.72. The van der Waals surface area contributed by atoms with E-state index in [2.05, 4.69) is 5.10 Å². The highest BCUT2D eigenvalue weighted by Gasteiger charge is 2.09. The van der Waals surface area contributed by atoms with Crippen molar-refractivity contribution in [2.75, 3.05) is 14.2 Å². The van der Waals surface area contributed by atoms with Crippen LogP contribution in [0.2, 0.25) is 0 Å². The lowest BCUT2D eigenvalue weighted by atomic mass is 10.6. The molecule has 6 nitrogen and oxygen atoms in total. The molecule has 0 spiro atoms. The van der Waals surface area contributed by atoms with Gasteiger partial charge in [0.15, 0.2) is 0 Å². The summed E-state index contributed by atoms with van der Waals surface area (Å²) in [5, 5.41) is 10.9. The van der Waals surface area contributed by atoms with Crippen LogP contribution in [0.4, 0.5) is 0 Å². The highest BCUT2D eigenvalue weighted by atomic mass is 16.5. The third kappa shape index (κ3) is 1.31. The summed E-state index contributed by atoms with van der Waals surface area (Å²) in [5.74, 6) is 0.525. The minimum absolute atomic E-state index is 0.213. The second-order valence-electron chi connectivity index (χ2n) is 2.03. The summed E-state index contributed by atoms with van der Waals surface area (Å²) in [6.07, 6.45) is 0. The van der Waals surface area contributed by atoms with E-state index in [4.69, 9.17) is 20.6 Å². The van der Waals surface area contributed by atoms with E-state index in [1.807, 2.05) is 0 Å². The number of nitrogens with one attached hydrogen (secondary N) is 1. The zero-order chi connectivity index (χ0) is 9.14. The maximum Gasteiger partial charge on any atom is 0.237 e. The van der Waals surface area contributed by atoms with Crippen LogP contribution < -0.4 is 15.2 Å². The molecule has 12 heavy (non-hydrogen) atoms. The number of nitrogens with two attached hydrogens (primary N) is 1. The average Bonchev–Trinajstić information content (AvgIpc) is 2.47. The Morgan fingerprint density at radius 1 is 1.58 bits per heavy atom. The average molecular weight is 170 g/mol. The summed E-state index contributed by atoms with van der Waals surface area (Å²) >= 11 is 0. The first-order valence-corrected chi connectivity index (χ1v) is 3.21. The third-order valence-electron chi connectivity index (χ3n) is 1.30. The number of hydrogen-bond donors (Lipinski definition) is 2. The minimum atomic E-state index is -0.213. The second kappa shape index (κ2) is 3.12. The number of nitrogens with zero attached hydrogens (tertiary/aromatic N) is 2. The highest BCUT2D eigenvalue weighted by molar-refractivity contribution is 5.77. The van der Waals surface area contributed by atoms with Crippen molar-refractivity contribution < 1.29 is 9.47 Å². The predicted octanol–water partition coefficient (Wildman–Crippen LogP) is -0.358. The molecule has 0 bridgehead atoms. The van der Waals surface area contributed by atoms with Crippen LogP contribution in [0.1, 0.15) is 0 Å². The topological polar surface area (TPSA) is 86.2 Å². The van der Waals surface area contributed by atoms with Crippen LogP contribution in [0.15, 0.2) is 6.07 Å². The Kier molecular flexibility index (Phi) is 2.18. The molecule has 0 amide bonds. The van der Waals surface area contributed by atoms with Crippen LogP contribution in [0.25, 0.3) is 0 Å². The Bertz CT molecular complexity index is 294. The van der Waals surface area contributed by atoms with Gasteiger partial charge >= 0.3 is 0 Å². The van der Waals surface area contributed by atoms with Crippen molar-refractivity contribution in [2.24, 2.45) is 5.73 Å². The van der Waals surface area contributed by atoms with E-state index in [-0.39, 0.29) is 5.96 Å². The Labute approximate surface area is 69.4 Å². The van der Waals surface area contributed by atoms with Gasteiger partial charge in [0, 0.05) is 0 Å². The fourth-order valence-corrected chi connectivity index (χ4v) is 0.761. The van der Waals surface area contributed by atoms with Crippen LogP contribution >= 0.6 is 0 Å². The lowest BCUT2D eigenvalue weighted by molar-refractivity contribution is 0.386. The molecule has 1 aromatic rings. The molecule has 1 aromatic heterocycles. The van der Waals surface area contributed by atoms with E-state index in [1.54, 1.807) is 6.07 Å². The minimum Gasteiger partial charge on any atom is -0.481 e. The first-order chi connectivity index (χ1) is 5.69. The zero-order valence-electron chi connectivity index (χ0n) is 6.87. The molecule has 0 fully saturated rings. The number of rotatable bonds is 2. The molecular weight excluding hydrogens is 160 g/mol. The lowest BCUT2D eigenvalue weighted by Crippen LogP contribution is -2.22. The molecule has 0 aliphatic carbocycles. The van der Waals surface area contributed by atoms with E-state index < -0.39 is 0 Å². The molecule has 0 radical (unpaired) electrons. The van der Waals surface area contributed by atoms with Gasteiger partial charge in [0.1, 0.15) is 0 Å². The molecular formula is C6H10N4O2. The summed E-state index contributed by atoms with van der Waals surface area (Å²) in [5.41, 5.74) is 5.21. The molecule has 1 heterocycles. The van der Waals surface area contributed by atoms with Crippen LogP contribution in [0, 0.1) is 5.41 Å². The number of nitrogen functional groups attached to an aromatic ring is 1. The van der Waals surface area contributed by atoms with Crippen molar-refractivity contribution in [2.45, 2.75) is 0 Å². The number of hydrogen-bond acceptors (Lipinski definition) is 4. The van der Waals surface area contributed by atoms with Crippen LogP contribution in [0.3, 0.4) is 0 Å². The standard InChI is InChI=1S/C6H10N4O2/c1-11-4-3-5(12-2)10(9-4)6(7)8/h3H,1-2H3,(H3,7,8). The number of aromatic nitrogens is 2. The van der Waals surface area contributed by atoms with Crippen molar-refractivity contribution in [3.05, 3.63) is 6.07 Å². The van der Waals surface area contributed by atoms with Gasteiger partial charge in [0.05, 0.1) is 20.3 Å². The fraction of sp³-hybridized carbons (Fsp3) is 0.333. The summed E-state index contributed by atoms with van der Waals surface area (Å²) in [7, 11) is 2.95. The maximum absolute atomic E-state index is 7.11. The van der Waals surface area contributed by atoms with Crippen LogP contribution in [-0.2, 0) is 0 Å². The maximum atomic E-state index is 7.11. The molecule has 0 unspecified atom stereocenters. The predicted molar refractivity (Wildman–Crippen MR) is 42.6 cm³/mol. The van der Waals surface area contributed by atoms with Gasteiger partial charge in [-0.3, -0.25) is 5.41 Å². The molecule has 3 N–H and O–H groups in total. The second-order valence-corrected chi connectivity index (χ2v) is 2.03. The SMILES string of the molecule is COc1cc(OC)n(C(=N)N)n1. The molecule has 66 valence electrons. The summed E-state index contributed by atoms with van der Waals surface area (Å²) in [4.78, 5) is 0. The zero-order valence-corrected chi connectivity index (χ0v) is 6.87. The van der Waals surface area contributed by atoms with Gasteiger partial charge in [-0.05, 0) is 0 Å². The first kappa shape index (κ1) is 8.38. The van der Waals surface area contributed by atoms with Crippen LogP contribution in [0.5, 0.6) is 11.8 Å². The van der Waals surface area contributed by atoms with E-state index in [9.17, 15) is 0 Å². The lowest BCUT2D eigenvalue weighted by Gasteiger charge is -2.00. The van der Waals surface area contributed by atoms with Gasteiger partial charge in [-0.15, -0.1) is 5.10 Å². The number of methoxy groups -OCH3 is 2. The van der Waals surface area contributed by atoms with E-state index in [0.29, 0.717) is 11.8 Å². The van der Waals surface area contributed by atoms with Gasteiger partial charge in [-0.1, -0.05) is 0 Å². The Balaban J connectivity index is 3.08. The van der Waals surface area contributed by atoms with Crippen molar-refractivity contribution in [3.63, 3.8) is 0 Å². The van der Waals surface area contributed by atoms with Crippen molar-refractivity contribution in [3.8, 4) is 11.8 Å². The van der Waals surface area contributed by atoms with Gasteiger partial charge in [-0.2, -0.15) is 4.68 Å². The molecule has 1 rings (SSSR count). The first-order valence-electron chi connectivity index (χ1n) is 3.21. The quantitative estimate of drug-likeness (QED) is 0.469. The molecule has 0 aliphatic heterocycles. The molecule has 6 heteroatoms. The largest absolute Gasteiger partial charge is 0.481 e. The summed E-state index contributed by atoms with van der Waals surface area (Å²) < 4.78 is 10.8. The molecule has 0 aromatic carbocycles. The van der Waals surface area contributed by atoms with Crippen molar-refractivity contribution in [1.29, 1.82) is 5.41 Å². The summed E-state index contributed by atoms with van der Waals surface area (Å²) in [6.45, 7) is 0. The molecule has 0 aliphatic rings. The molecule has 0 saturated carbocycles. The molecule has 0 atom stereocenters. The fourth-order valence-electron chi connectivity index (χ4n) is 0.761. The van der Waals surface area contributed by atoms with E-state index >= 15 is 0 Å². The van der Waals surface area contributed by atoms with Crippen LogP contribution in [-0.4, -0.2) is 30.0 Å². The molecule has 0 saturated heterocycles. The smallest absolute Gasteiger partial charge is 0.237 e. The normalized spacial score (nSPS) is 9.50. The third-order valence-corrected chi connectivity index (χ3v) is 1.30. The Morgan fingerprint density at radius 2 is 2.25 bits per heavy atom. The summed E-state index contributed by atoms with van der Waals surface area (Å²) in [6, 6.07) is 1.54. The number of ether oxygens (including phenoxy) is 2. The van der Waals surface area contributed by atoms with Gasteiger partial charge in [-0.25, -0.2) is 0 Å². The van der Waals surface area contributed by atoms with Gasteiger partial charge < -0.3 is 15.2 Å². The highest BCUT2D eigenvalue weighted by Crippen LogP contribution is 2.16. The van der Waals surface area contributed by atoms with E-state index in [1.165, 1.54) is 14.2 Å². The van der Waals surface area contributed by atoms with E-state index in [0.717, 1.165) is 4.68 Å². The van der Waals surface area contributed by atoms with Gasteiger partial charge in [0.25, 0.3) is 0 Å². The van der Waals surface area contributed by atoms with Crippen molar-refractivity contribution >= 4 is 5.96 Å². The van der Waals surface area contributed by atoms with Crippen molar-refractivity contribution in [1.82, 2.24) is 9.78 Å². The van der Waals surface area contributed by atoms with Gasteiger partial charge in [0.2, 0.25) is 17.7 Å². The Morgan fingerprint density at radius 3 is 2.58 bits per heavy atom. The monoisotopic (exact) mass is 170 g/mol.